The Hall–Kier alpha value is -2.14. The minimum absolute atomic E-state index is 0.430. The van der Waals surface area contributed by atoms with E-state index < -0.39 is 0 Å². The number of ether oxygens (including phenoxy) is 1. The normalized spacial score (nSPS) is 10.4. The van der Waals surface area contributed by atoms with Crippen molar-refractivity contribution in [3.8, 4) is 0 Å². The van der Waals surface area contributed by atoms with Gasteiger partial charge < -0.3 is 15.4 Å². The summed E-state index contributed by atoms with van der Waals surface area (Å²) in [6.07, 6.45) is 0.959. The Balaban J connectivity index is 1.95. The molecule has 5 nitrogen and oxygen atoms in total. The third-order valence-electron chi connectivity index (χ3n) is 3.03. The zero-order valence-electron chi connectivity index (χ0n) is 12.6. The number of hydrogen-bond donors (Lipinski definition) is 2. The molecule has 2 rings (SSSR count). The Morgan fingerprint density at radius 2 is 1.86 bits per heavy atom. The van der Waals surface area contributed by atoms with E-state index in [-0.39, 0.29) is 0 Å². The van der Waals surface area contributed by atoms with Crippen LogP contribution < -0.4 is 10.6 Å². The summed E-state index contributed by atoms with van der Waals surface area (Å²) < 4.78 is 5.37. The summed E-state index contributed by atoms with van der Waals surface area (Å²) in [4.78, 5) is 8.83. The number of aromatic nitrogens is 2. The van der Waals surface area contributed by atoms with E-state index in [9.17, 15) is 0 Å². The number of anilines is 2. The molecule has 0 aliphatic rings. The Labute approximate surface area is 125 Å². The molecule has 21 heavy (non-hydrogen) atoms. The molecule has 0 fully saturated rings. The number of rotatable bonds is 8. The lowest BCUT2D eigenvalue weighted by atomic mass is 10.1. The standard InChI is InChI=1S/C16H22N4O/c1-3-21-12-16-19-14(17-2)11-15(20-16)18-10-9-13-7-5-4-6-8-13/h4-8,11H,3,9-10,12H2,1-2H3,(H2,17,18,19,20). The van der Waals surface area contributed by atoms with Gasteiger partial charge in [-0.25, -0.2) is 9.97 Å². The van der Waals surface area contributed by atoms with Gasteiger partial charge in [-0.3, -0.25) is 0 Å². The second-order valence-electron chi connectivity index (χ2n) is 4.60. The smallest absolute Gasteiger partial charge is 0.158 e. The van der Waals surface area contributed by atoms with Crippen molar-refractivity contribution in [2.24, 2.45) is 0 Å². The van der Waals surface area contributed by atoms with Crippen molar-refractivity contribution >= 4 is 11.6 Å². The van der Waals surface area contributed by atoms with E-state index in [4.69, 9.17) is 4.74 Å². The Kier molecular flexibility index (Phi) is 5.97. The molecular weight excluding hydrogens is 264 g/mol. The second-order valence-corrected chi connectivity index (χ2v) is 4.60. The highest BCUT2D eigenvalue weighted by Crippen LogP contribution is 2.12. The summed E-state index contributed by atoms with van der Waals surface area (Å²) in [6.45, 7) is 3.88. The van der Waals surface area contributed by atoms with Gasteiger partial charge in [0.05, 0.1) is 0 Å². The molecule has 0 unspecified atom stereocenters. The minimum Gasteiger partial charge on any atom is -0.374 e. The molecule has 0 radical (unpaired) electrons. The maximum Gasteiger partial charge on any atom is 0.158 e. The zero-order valence-corrected chi connectivity index (χ0v) is 12.6. The maximum atomic E-state index is 5.37. The molecule has 2 N–H and O–H groups in total. The van der Waals surface area contributed by atoms with Gasteiger partial charge in [-0.1, -0.05) is 30.3 Å². The molecule has 0 saturated heterocycles. The van der Waals surface area contributed by atoms with E-state index in [1.54, 1.807) is 0 Å². The van der Waals surface area contributed by atoms with Gasteiger partial charge in [0.15, 0.2) is 5.82 Å². The van der Waals surface area contributed by atoms with Crippen LogP contribution in [-0.4, -0.2) is 30.2 Å². The first-order chi connectivity index (χ1) is 10.3. The first-order valence-electron chi connectivity index (χ1n) is 7.23. The van der Waals surface area contributed by atoms with Crippen molar-refractivity contribution < 1.29 is 4.74 Å². The molecule has 1 aromatic heterocycles. The van der Waals surface area contributed by atoms with Crippen LogP contribution in [0.3, 0.4) is 0 Å². The fraction of sp³-hybridized carbons (Fsp3) is 0.375. The Bertz CT molecular complexity index is 545. The van der Waals surface area contributed by atoms with Gasteiger partial charge in [-0.2, -0.15) is 0 Å². The fourth-order valence-electron chi connectivity index (χ4n) is 1.95. The van der Waals surface area contributed by atoms with Crippen LogP contribution in [0.1, 0.15) is 18.3 Å². The summed E-state index contributed by atoms with van der Waals surface area (Å²) in [5.74, 6) is 2.30. The molecule has 2 aromatic rings. The quantitative estimate of drug-likeness (QED) is 0.781. The molecule has 5 heteroatoms. The van der Waals surface area contributed by atoms with Crippen LogP contribution >= 0.6 is 0 Å². The SMILES string of the molecule is CCOCc1nc(NC)cc(NCCc2ccccc2)n1. The average Bonchev–Trinajstić information content (AvgIpc) is 2.53. The predicted octanol–water partition coefficient (Wildman–Crippen LogP) is 2.71. The van der Waals surface area contributed by atoms with Crippen molar-refractivity contribution in [2.75, 3.05) is 30.8 Å². The van der Waals surface area contributed by atoms with Gasteiger partial charge >= 0.3 is 0 Å². The van der Waals surface area contributed by atoms with Crippen LogP contribution in [0.15, 0.2) is 36.4 Å². The summed E-state index contributed by atoms with van der Waals surface area (Å²) >= 11 is 0. The highest BCUT2D eigenvalue weighted by molar-refractivity contribution is 5.47. The van der Waals surface area contributed by atoms with E-state index in [2.05, 4.69) is 44.9 Å². The number of hydrogen-bond acceptors (Lipinski definition) is 5. The van der Waals surface area contributed by atoms with Crippen molar-refractivity contribution in [2.45, 2.75) is 20.0 Å². The van der Waals surface area contributed by atoms with E-state index in [0.717, 1.165) is 24.6 Å². The highest BCUT2D eigenvalue weighted by atomic mass is 16.5. The first kappa shape index (κ1) is 15.3. The van der Waals surface area contributed by atoms with Crippen LogP contribution in [0.4, 0.5) is 11.6 Å². The lowest BCUT2D eigenvalue weighted by molar-refractivity contribution is 0.128. The summed E-state index contributed by atoms with van der Waals surface area (Å²) in [7, 11) is 1.85. The Morgan fingerprint density at radius 1 is 1.10 bits per heavy atom. The van der Waals surface area contributed by atoms with Crippen LogP contribution in [-0.2, 0) is 17.8 Å². The summed E-state index contributed by atoms with van der Waals surface area (Å²) in [5.41, 5.74) is 1.31. The van der Waals surface area contributed by atoms with Gasteiger partial charge in [-0.05, 0) is 18.9 Å². The van der Waals surface area contributed by atoms with E-state index in [1.165, 1.54) is 5.56 Å². The van der Waals surface area contributed by atoms with Gasteiger partial charge in [0.1, 0.15) is 18.2 Å². The van der Waals surface area contributed by atoms with Crippen molar-refractivity contribution in [3.63, 3.8) is 0 Å². The van der Waals surface area contributed by atoms with Crippen molar-refractivity contribution in [1.82, 2.24) is 9.97 Å². The molecule has 0 atom stereocenters. The van der Waals surface area contributed by atoms with Crippen molar-refractivity contribution in [1.29, 1.82) is 0 Å². The van der Waals surface area contributed by atoms with Gasteiger partial charge in [0, 0.05) is 26.3 Å². The van der Waals surface area contributed by atoms with Crippen LogP contribution in [0.5, 0.6) is 0 Å². The molecule has 0 saturated carbocycles. The van der Waals surface area contributed by atoms with E-state index in [1.807, 2.05) is 26.1 Å². The molecule has 0 aliphatic heterocycles. The number of nitrogens with zero attached hydrogens (tertiary/aromatic N) is 2. The van der Waals surface area contributed by atoms with Crippen LogP contribution in [0, 0.1) is 0 Å². The number of nitrogens with one attached hydrogen (secondary N) is 2. The summed E-state index contributed by atoms with van der Waals surface area (Å²) in [6, 6.07) is 12.3. The number of benzene rings is 1. The molecule has 0 amide bonds. The lowest BCUT2D eigenvalue weighted by Gasteiger charge is -2.10. The van der Waals surface area contributed by atoms with Gasteiger partial charge in [-0.15, -0.1) is 0 Å². The third-order valence-corrected chi connectivity index (χ3v) is 3.03. The van der Waals surface area contributed by atoms with Crippen molar-refractivity contribution in [3.05, 3.63) is 47.8 Å². The largest absolute Gasteiger partial charge is 0.374 e. The summed E-state index contributed by atoms with van der Waals surface area (Å²) in [5, 5.41) is 6.38. The zero-order chi connectivity index (χ0) is 14.9. The lowest BCUT2D eigenvalue weighted by Crippen LogP contribution is -2.10. The van der Waals surface area contributed by atoms with Gasteiger partial charge in [0.2, 0.25) is 0 Å². The van der Waals surface area contributed by atoms with Gasteiger partial charge in [0.25, 0.3) is 0 Å². The fourth-order valence-corrected chi connectivity index (χ4v) is 1.95. The molecule has 1 aromatic carbocycles. The molecular formula is C16H22N4O. The van der Waals surface area contributed by atoms with Crippen LogP contribution in [0.25, 0.3) is 0 Å². The highest BCUT2D eigenvalue weighted by Gasteiger charge is 2.04. The molecule has 0 spiro atoms. The third kappa shape index (κ3) is 5.04. The van der Waals surface area contributed by atoms with E-state index >= 15 is 0 Å². The first-order valence-corrected chi connectivity index (χ1v) is 7.23. The second kappa shape index (κ2) is 8.21. The molecule has 0 aliphatic carbocycles. The topological polar surface area (TPSA) is 59.1 Å². The predicted molar refractivity (Wildman–Crippen MR) is 85.5 cm³/mol. The monoisotopic (exact) mass is 286 g/mol. The minimum atomic E-state index is 0.430. The van der Waals surface area contributed by atoms with Crippen LogP contribution in [0.2, 0.25) is 0 Å². The molecule has 0 bridgehead atoms. The van der Waals surface area contributed by atoms with E-state index in [0.29, 0.717) is 19.0 Å². The Morgan fingerprint density at radius 3 is 2.57 bits per heavy atom. The average molecular weight is 286 g/mol. The molecule has 112 valence electrons. The molecule has 1 heterocycles. The maximum absolute atomic E-state index is 5.37.